The second kappa shape index (κ2) is 10.7. The van der Waals surface area contributed by atoms with Gasteiger partial charge in [0.25, 0.3) is 5.91 Å². The van der Waals surface area contributed by atoms with E-state index in [0.717, 1.165) is 11.3 Å². The summed E-state index contributed by atoms with van der Waals surface area (Å²) in [4.78, 5) is 31.4. The molecule has 0 unspecified atom stereocenters. The number of benzene rings is 3. The SMILES string of the molecule is Cl.Nc1nc(-c2ccc(NC(=O)CN(C(=O)c3ccc(F)cc3)c3ccccc3)cc2)cs1. The molecular weight excluding hydrogens is 463 g/mol. The Morgan fingerprint density at radius 1 is 0.970 bits per heavy atom. The lowest BCUT2D eigenvalue weighted by molar-refractivity contribution is -0.114. The van der Waals surface area contributed by atoms with Crippen LogP contribution in [0.1, 0.15) is 10.4 Å². The molecular formula is C24H20ClFN4O2S. The molecule has 1 aromatic heterocycles. The summed E-state index contributed by atoms with van der Waals surface area (Å²) in [5.74, 6) is -1.20. The van der Waals surface area contributed by atoms with Crippen LogP contribution in [0.15, 0.2) is 84.2 Å². The number of nitrogens with zero attached hydrogens (tertiary/aromatic N) is 2. The summed E-state index contributed by atoms with van der Waals surface area (Å²) in [6.45, 7) is -0.204. The van der Waals surface area contributed by atoms with Crippen LogP contribution >= 0.6 is 23.7 Å². The molecule has 0 aliphatic heterocycles. The van der Waals surface area contributed by atoms with Gasteiger partial charge in [0.15, 0.2) is 5.13 Å². The van der Waals surface area contributed by atoms with E-state index in [1.54, 1.807) is 36.4 Å². The maximum absolute atomic E-state index is 13.3. The predicted octanol–water partition coefficient (Wildman–Crippen LogP) is 5.24. The molecule has 4 aromatic rings. The molecule has 168 valence electrons. The largest absolute Gasteiger partial charge is 0.375 e. The minimum Gasteiger partial charge on any atom is -0.375 e. The van der Waals surface area contributed by atoms with Gasteiger partial charge in [-0.3, -0.25) is 14.5 Å². The molecule has 3 aromatic carbocycles. The number of nitrogens with one attached hydrogen (secondary N) is 1. The number of aromatic nitrogens is 1. The number of hydrogen-bond donors (Lipinski definition) is 2. The first-order valence-corrected chi connectivity index (χ1v) is 10.6. The smallest absolute Gasteiger partial charge is 0.258 e. The Morgan fingerprint density at radius 2 is 1.64 bits per heavy atom. The van der Waals surface area contributed by atoms with Crippen molar-refractivity contribution >= 4 is 52.1 Å². The highest BCUT2D eigenvalue weighted by Gasteiger charge is 2.21. The highest BCUT2D eigenvalue weighted by molar-refractivity contribution is 7.13. The number of carbonyl (C=O) groups excluding carboxylic acids is 2. The molecule has 6 nitrogen and oxygen atoms in total. The van der Waals surface area contributed by atoms with Gasteiger partial charge >= 0.3 is 0 Å². The van der Waals surface area contributed by atoms with Crippen LogP contribution < -0.4 is 16.0 Å². The summed E-state index contributed by atoms with van der Waals surface area (Å²) in [5.41, 5.74) is 8.77. The molecule has 0 bridgehead atoms. The average molecular weight is 483 g/mol. The summed E-state index contributed by atoms with van der Waals surface area (Å²) in [7, 11) is 0. The Bertz CT molecular complexity index is 1230. The quantitative estimate of drug-likeness (QED) is 0.393. The van der Waals surface area contributed by atoms with Crippen LogP contribution in [-0.2, 0) is 4.79 Å². The van der Waals surface area contributed by atoms with Gasteiger partial charge in [-0.2, -0.15) is 0 Å². The molecule has 0 fully saturated rings. The monoisotopic (exact) mass is 482 g/mol. The van der Waals surface area contributed by atoms with Gasteiger partial charge in [0, 0.05) is 27.9 Å². The number of amides is 2. The molecule has 0 radical (unpaired) electrons. The molecule has 4 rings (SSSR count). The molecule has 0 atom stereocenters. The Balaban J connectivity index is 0.00000306. The standard InChI is InChI=1S/C24H19FN4O2S.ClH/c25-18-10-6-17(7-11-18)23(31)29(20-4-2-1-3-5-20)14-22(30)27-19-12-8-16(9-13-19)21-15-32-24(26)28-21;/h1-13,15H,14H2,(H2,26,28)(H,27,30);1H. The van der Waals surface area contributed by atoms with E-state index >= 15 is 0 Å². The van der Waals surface area contributed by atoms with Crippen LogP contribution in [0, 0.1) is 5.82 Å². The van der Waals surface area contributed by atoms with Gasteiger partial charge in [-0.15, -0.1) is 23.7 Å². The molecule has 2 amide bonds. The van der Waals surface area contributed by atoms with E-state index in [4.69, 9.17) is 5.73 Å². The first-order valence-electron chi connectivity index (χ1n) is 9.73. The predicted molar refractivity (Wildman–Crippen MR) is 132 cm³/mol. The van der Waals surface area contributed by atoms with Crippen molar-refractivity contribution in [2.75, 3.05) is 22.5 Å². The summed E-state index contributed by atoms with van der Waals surface area (Å²) >= 11 is 1.36. The minimum atomic E-state index is -0.436. The third kappa shape index (κ3) is 5.94. The molecule has 33 heavy (non-hydrogen) atoms. The molecule has 0 aliphatic rings. The Labute approximate surface area is 200 Å². The number of anilines is 3. The highest BCUT2D eigenvalue weighted by atomic mass is 35.5. The van der Waals surface area contributed by atoms with Gasteiger partial charge in [-0.05, 0) is 48.5 Å². The van der Waals surface area contributed by atoms with Crippen molar-refractivity contribution in [2.24, 2.45) is 0 Å². The van der Waals surface area contributed by atoms with Crippen LogP contribution in [-0.4, -0.2) is 23.3 Å². The lowest BCUT2D eigenvalue weighted by Crippen LogP contribution is -2.38. The molecule has 0 saturated carbocycles. The van der Waals surface area contributed by atoms with Gasteiger partial charge in [-0.1, -0.05) is 30.3 Å². The van der Waals surface area contributed by atoms with Crippen molar-refractivity contribution in [2.45, 2.75) is 0 Å². The number of thiazole rings is 1. The lowest BCUT2D eigenvalue weighted by atomic mass is 10.1. The summed E-state index contributed by atoms with van der Waals surface area (Å²) in [6.07, 6.45) is 0. The zero-order valence-corrected chi connectivity index (χ0v) is 18.9. The number of nitrogen functional groups attached to an aromatic ring is 1. The summed E-state index contributed by atoms with van der Waals surface area (Å²) in [6, 6.07) is 21.3. The zero-order chi connectivity index (χ0) is 22.5. The topological polar surface area (TPSA) is 88.3 Å². The normalized spacial score (nSPS) is 10.2. The average Bonchev–Trinajstić information content (AvgIpc) is 3.25. The number of rotatable bonds is 6. The van der Waals surface area contributed by atoms with E-state index in [1.165, 1.54) is 40.5 Å². The van der Waals surface area contributed by atoms with E-state index in [2.05, 4.69) is 10.3 Å². The van der Waals surface area contributed by atoms with Crippen LogP contribution in [0.5, 0.6) is 0 Å². The third-order valence-electron chi connectivity index (χ3n) is 4.69. The second-order valence-electron chi connectivity index (χ2n) is 6.93. The maximum atomic E-state index is 13.3. The van der Waals surface area contributed by atoms with Crippen molar-refractivity contribution in [3.63, 3.8) is 0 Å². The van der Waals surface area contributed by atoms with Gasteiger partial charge < -0.3 is 11.1 Å². The zero-order valence-electron chi connectivity index (χ0n) is 17.3. The second-order valence-corrected chi connectivity index (χ2v) is 7.82. The van der Waals surface area contributed by atoms with Crippen molar-refractivity contribution < 1.29 is 14.0 Å². The fraction of sp³-hybridized carbons (Fsp3) is 0.0417. The first kappa shape index (κ1) is 23.9. The summed E-state index contributed by atoms with van der Waals surface area (Å²) in [5, 5.41) is 5.16. The van der Waals surface area contributed by atoms with Crippen molar-refractivity contribution in [1.82, 2.24) is 4.98 Å². The molecule has 0 saturated heterocycles. The minimum absolute atomic E-state index is 0. The van der Waals surface area contributed by atoms with E-state index in [9.17, 15) is 14.0 Å². The molecule has 3 N–H and O–H groups in total. The Hall–Kier alpha value is -3.75. The Kier molecular flexibility index (Phi) is 7.76. The van der Waals surface area contributed by atoms with Crippen molar-refractivity contribution in [1.29, 1.82) is 0 Å². The molecule has 9 heteroatoms. The number of halogens is 2. The molecule has 0 aliphatic carbocycles. The molecule has 0 spiro atoms. The van der Waals surface area contributed by atoms with E-state index < -0.39 is 11.7 Å². The fourth-order valence-corrected chi connectivity index (χ4v) is 3.70. The first-order chi connectivity index (χ1) is 15.5. The number of para-hydroxylation sites is 1. The van der Waals surface area contributed by atoms with E-state index in [-0.39, 0.29) is 30.4 Å². The highest BCUT2D eigenvalue weighted by Crippen LogP contribution is 2.24. The van der Waals surface area contributed by atoms with Crippen LogP contribution in [0.3, 0.4) is 0 Å². The maximum Gasteiger partial charge on any atom is 0.258 e. The van der Waals surface area contributed by atoms with Gasteiger partial charge in [-0.25, -0.2) is 9.37 Å². The van der Waals surface area contributed by atoms with Crippen LogP contribution in [0.4, 0.5) is 20.9 Å². The Morgan fingerprint density at radius 3 is 2.24 bits per heavy atom. The van der Waals surface area contributed by atoms with E-state index in [0.29, 0.717) is 16.5 Å². The number of carbonyl (C=O) groups is 2. The van der Waals surface area contributed by atoms with E-state index in [1.807, 2.05) is 23.6 Å². The fourth-order valence-electron chi connectivity index (χ4n) is 3.13. The number of hydrogen-bond acceptors (Lipinski definition) is 5. The van der Waals surface area contributed by atoms with Gasteiger partial charge in [0.2, 0.25) is 5.91 Å². The van der Waals surface area contributed by atoms with Gasteiger partial charge in [0.1, 0.15) is 12.4 Å². The van der Waals surface area contributed by atoms with Gasteiger partial charge in [0.05, 0.1) is 5.69 Å². The third-order valence-corrected chi connectivity index (χ3v) is 5.37. The van der Waals surface area contributed by atoms with Crippen LogP contribution in [0.2, 0.25) is 0 Å². The summed E-state index contributed by atoms with van der Waals surface area (Å²) < 4.78 is 13.3. The molecule has 1 heterocycles. The lowest BCUT2D eigenvalue weighted by Gasteiger charge is -2.22. The van der Waals surface area contributed by atoms with Crippen molar-refractivity contribution in [3.05, 3.63) is 95.6 Å². The number of nitrogens with two attached hydrogens (primary N) is 1. The van der Waals surface area contributed by atoms with Crippen LogP contribution in [0.25, 0.3) is 11.3 Å². The van der Waals surface area contributed by atoms with Crippen molar-refractivity contribution in [3.8, 4) is 11.3 Å².